The molecule has 11 heteroatoms. The van der Waals surface area contributed by atoms with E-state index in [4.69, 9.17) is 16.6 Å². The Morgan fingerprint density at radius 2 is 2.05 bits per heavy atom. The van der Waals surface area contributed by atoms with E-state index in [9.17, 15) is 9.82 Å². The van der Waals surface area contributed by atoms with Gasteiger partial charge in [-0.05, 0) is 90.8 Å². The van der Waals surface area contributed by atoms with Gasteiger partial charge in [0.25, 0.3) is 0 Å². The minimum atomic E-state index is -0.635. The number of carbonyl (C=O) groups excluding carboxylic acids is 1. The molecule has 3 heterocycles. The fourth-order valence-corrected chi connectivity index (χ4v) is 6.38. The zero-order chi connectivity index (χ0) is 27.7. The second kappa shape index (κ2) is 11.7. The van der Waals surface area contributed by atoms with Crippen LogP contribution in [0.5, 0.6) is 0 Å². The van der Waals surface area contributed by atoms with Gasteiger partial charge >= 0.3 is 7.05 Å². The average molecular weight is 614 g/mol. The second-order valence-electron chi connectivity index (χ2n) is 11.1. The summed E-state index contributed by atoms with van der Waals surface area (Å²) < 4.78 is 3.01. The number of aryl methyl sites for hydroxylation is 2. The summed E-state index contributed by atoms with van der Waals surface area (Å²) in [4.78, 5) is 27.2. The number of benzene rings is 1. The minimum absolute atomic E-state index is 0.0415. The van der Waals surface area contributed by atoms with Crippen molar-refractivity contribution in [3.05, 3.63) is 81.1 Å². The maximum atomic E-state index is 13.9. The van der Waals surface area contributed by atoms with E-state index in [1.807, 2.05) is 35.7 Å². The summed E-state index contributed by atoms with van der Waals surface area (Å²) in [6.45, 7) is 8.26. The number of fused-ring (bicyclic) bond motifs is 2. The van der Waals surface area contributed by atoms with E-state index in [-0.39, 0.29) is 17.5 Å². The lowest BCUT2D eigenvalue weighted by Gasteiger charge is -2.45. The van der Waals surface area contributed by atoms with Gasteiger partial charge in [-0.2, -0.15) is 0 Å². The summed E-state index contributed by atoms with van der Waals surface area (Å²) >= 11 is 10.0. The molecule has 39 heavy (non-hydrogen) atoms. The van der Waals surface area contributed by atoms with Crippen LogP contribution in [0.4, 0.5) is 0 Å². The van der Waals surface area contributed by atoms with Crippen molar-refractivity contribution in [2.75, 3.05) is 26.2 Å². The Balaban J connectivity index is 1.46. The van der Waals surface area contributed by atoms with Crippen LogP contribution in [-0.2, 0) is 23.2 Å². The summed E-state index contributed by atoms with van der Waals surface area (Å²) in [6.07, 6.45) is 9.82. The van der Waals surface area contributed by atoms with Gasteiger partial charge in [-0.15, -0.1) is 0 Å². The highest BCUT2D eigenvalue weighted by molar-refractivity contribution is 9.10. The normalized spacial score (nSPS) is 20.2. The first-order valence-corrected chi connectivity index (χ1v) is 14.7. The molecule has 2 atom stereocenters. The fourth-order valence-electron chi connectivity index (χ4n) is 5.80. The van der Waals surface area contributed by atoms with Crippen LogP contribution in [0, 0.1) is 0 Å². The maximum absolute atomic E-state index is 13.9. The molecule has 0 radical (unpaired) electrons. The monoisotopic (exact) mass is 612 g/mol. The Morgan fingerprint density at radius 1 is 1.26 bits per heavy atom. The van der Waals surface area contributed by atoms with Gasteiger partial charge in [0.05, 0.1) is 18.1 Å². The topological polar surface area (TPSA) is 86.5 Å². The molecule has 2 aliphatic rings. The Bertz CT molecular complexity index is 1270. The lowest BCUT2D eigenvalue weighted by Crippen LogP contribution is -2.62. The number of nitrogens with one attached hydrogen (secondary N) is 1. The smallest absolute Gasteiger partial charge is 0.376 e. The molecule has 8 nitrogen and oxygen atoms in total. The Hall–Kier alpha value is -2.24. The molecule has 206 valence electrons. The zero-order valence-electron chi connectivity index (χ0n) is 22.6. The molecule has 0 saturated carbocycles. The van der Waals surface area contributed by atoms with Crippen LogP contribution in [0.3, 0.4) is 0 Å². The second-order valence-corrected chi connectivity index (χ2v) is 12.5. The van der Waals surface area contributed by atoms with E-state index < -0.39 is 13.1 Å². The Kier molecular flexibility index (Phi) is 8.49. The summed E-state index contributed by atoms with van der Waals surface area (Å²) in [5.41, 5.74) is 4.28. The molecule has 0 bridgehead atoms. The molecule has 2 aromatic heterocycles. The van der Waals surface area contributed by atoms with E-state index in [0.29, 0.717) is 31.2 Å². The summed E-state index contributed by atoms with van der Waals surface area (Å²) in [7, 11) is -0.635. The Labute approximate surface area is 244 Å². The number of imidazole rings is 1. The zero-order valence-corrected chi connectivity index (χ0v) is 25.0. The fraction of sp³-hybridized carbons (Fsp3) is 0.464. The predicted molar refractivity (Wildman–Crippen MR) is 158 cm³/mol. The van der Waals surface area contributed by atoms with E-state index in [0.717, 1.165) is 35.0 Å². The van der Waals surface area contributed by atoms with Crippen molar-refractivity contribution in [2.24, 2.45) is 0 Å². The molecule has 1 saturated heterocycles. The van der Waals surface area contributed by atoms with Gasteiger partial charge in [-0.25, -0.2) is 4.98 Å². The van der Waals surface area contributed by atoms with Crippen LogP contribution in [0.25, 0.3) is 0 Å². The van der Waals surface area contributed by atoms with Crippen LogP contribution >= 0.6 is 27.5 Å². The third-order valence-corrected chi connectivity index (χ3v) is 8.81. The number of aromatic nitrogens is 3. The molecular weight excluding hydrogens is 579 g/mol. The van der Waals surface area contributed by atoms with Crippen molar-refractivity contribution in [2.45, 2.75) is 57.6 Å². The maximum Gasteiger partial charge on any atom is 0.376 e. The number of carbonyl (C=O) groups is 1. The van der Waals surface area contributed by atoms with Gasteiger partial charge in [0.1, 0.15) is 6.04 Å². The van der Waals surface area contributed by atoms with E-state index in [1.54, 1.807) is 13.0 Å². The highest BCUT2D eigenvalue weighted by Gasteiger charge is 2.41. The van der Waals surface area contributed by atoms with Crippen LogP contribution in [0.2, 0.25) is 11.8 Å². The van der Waals surface area contributed by atoms with Crippen molar-refractivity contribution in [3.63, 3.8) is 0 Å². The van der Waals surface area contributed by atoms with Gasteiger partial charge < -0.3 is 19.7 Å². The number of nitrogens with zero attached hydrogens (tertiary/aromatic N) is 5. The van der Waals surface area contributed by atoms with Crippen molar-refractivity contribution in [1.29, 1.82) is 0 Å². The first kappa shape index (κ1) is 28.3. The lowest BCUT2D eigenvalue weighted by atomic mass is 9.82. The number of halogens is 2. The molecule has 0 unspecified atom stereocenters. The number of hydrogen-bond donors (Lipinski definition) is 2. The largest absolute Gasteiger partial charge is 0.437 e. The quantitative estimate of drug-likeness (QED) is 0.393. The van der Waals surface area contributed by atoms with Gasteiger partial charge in [-0.1, -0.05) is 17.7 Å². The lowest BCUT2D eigenvalue weighted by molar-refractivity contribution is -0.129. The number of amides is 1. The van der Waals surface area contributed by atoms with E-state index in [2.05, 4.69) is 61.7 Å². The molecule has 0 spiro atoms. The van der Waals surface area contributed by atoms with E-state index in [1.165, 1.54) is 11.1 Å². The van der Waals surface area contributed by atoms with Crippen LogP contribution in [0.1, 0.15) is 48.7 Å². The molecular formula is C28H35BBrClN6O2. The summed E-state index contributed by atoms with van der Waals surface area (Å²) in [5, 5.41) is 14.3. The van der Waals surface area contributed by atoms with Gasteiger partial charge in [0.15, 0.2) is 0 Å². The van der Waals surface area contributed by atoms with Crippen molar-refractivity contribution >= 4 is 40.5 Å². The summed E-state index contributed by atoms with van der Waals surface area (Å²) in [6, 6.07) is 7.54. The third-order valence-electron chi connectivity index (χ3n) is 8.15. The number of hydrogen-bond acceptors (Lipinski definition) is 6. The molecule has 1 aliphatic carbocycles. The van der Waals surface area contributed by atoms with Crippen LogP contribution in [-0.4, -0.2) is 74.4 Å². The SMILES string of the molecule is CB(O)N1CCN([C@@H]2c3ccc(Cl)cc3CCc3cc(Br)cnc32)[C@@H](C(=O)NCCC(C)(C)n2ccnc2)C1. The number of piperazine rings is 1. The van der Waals surface area contributed by atoms with Crippen molar-refractivity contribution in [1.82, 2.24) is 29.6 Å². The molecule has 2 N–H and O–H groups in total. The molecule has 1 fully saturated rings. The first-order valence-electron chi connectivity index (χ1n) is 13.5. The molecule has 1 aromatic carbocycles. The first-order chi connectivity index (χ1) is 18.6. The number of pyridine rings is 1. The minimum Gasteiger partial charge on any atom is -0.437 e. The molecule has 1 aliphatic heterocycles. The summed E-state index contributed by atoms with van der Waals surface area (Å²) in [5.74, 6) is -0.0415. The highest BCUT2D eigenvalue weighted by atomic mass is 79.9. The highest BCUT2D eigenvalue weighted by Crippen LogP contribution is 2.39. The van der Waals surface area contributed by atoms with Gasteiger partial charge in [0.2, 0.25) is 5.91 Å². The standard InChI is InChI=1S/C28H35BBrClN6O2/c1-28(2,35-11-10-32-18-35)8-9-33-27(38)24-17-36(29(3)39)12-13-37(24)26-23-7-6-22(31)15-19(23)4-5-20-14-21(30)16-34-25(20)26/h6-7,10-11,14-16,18,24,26,39H,4-5,8-9,12-13,17H2,1-3H3,(H,33,38)/t24-,26-/m1/s1. The van der Waals surface area contributed by atoms with Crippen molar-refractivity contribution in [3.8, 4) is 0 Å². The third kappa shape index (κ3) is 6.10. The molecule has 1 amide bonds. The van der Waals surface area contributed by atoms with E-state index >= 15 is 0 Å². The number of rotatable bonds is 7. The van der Waals surface area contributed by atoms with Crippen molar-refractivity contribution < 1.29 is 9.82 Å². The Morgan fingerprint density at radius 3 is 2.79 bits per heavy atom. The van der Waals surface area contributed by atoms with Crippen LogP contribution < -0.4 is 5.32 Å². The van der Waals surface area contributed by atoms with Gasteiger partial charge in [-0.3, -0.25) is 14.7 Å². The molecule has 5 rings (SSSR count). The van der Waals surface area contributed by atoms with Gasteiger partial charge in [0, 0.05) is 59.8 Å². The molecule has 3 aromatic rings. The average Bonchev–Trinajstić information content (AvgIpc) is 3.41. The van der Waals surface area contributed by atoms with Crippen LogP contribution in [0.15, 0.2) is 53.7 Å². The predicted octanol–water partition coefficient (Wildman–Crippen LogP) is 3.92.